The third-order valence-electron chi connectivity index (χ3n) is 3.66. The van der Waals surface area contributed by atoms with Crippen molar-refractivity contribution in [3.8, 4) is 17.3 Å². The molecule has 0 N–H and O–H groups in total. The van der Waals surface area contributed by atoms with E-state index in [2.05, 4.69) is 11.1 Å². The topological polar surface area (TPSA) is 66.9 Å². The van der Waals surface area contributed by atoms with Crippen molar-refractivity contribution in [2.45, 2.75) is 0 Å². The molecule has 0 aliphatic heterocycles. The molecule has 0 fully saturated rings. The van der Waals surface area contributed by atoms with Crippen LogP contribution >= 0.6 is 34.3 Å². The highest BCUT2D eigenvalue weighted by atomic mass is 35.5. The summed E-state index contributed by atoms with van der Waals surface area (Å²) in [6.45, 7) is 0. The Labute approximate surface area is 161 Å². The number of allylic oxidation sites excluding steroid dienone is 1. The van der Waals surface area contributed by atoms with Crippen molar-refractivity contribution < 1.29 is 4.42 Å². The molecule has 1 aromatic carbocycles. The smallest absolute Gasteiger partial charge is 0.345 e. The molecule has 0 radical (unpaired) electrons. The van der Waals surface area contributed by atoms with Crippen LogP contribution in [0, 0.1) is 11.3 Å². The molecule has 4 aromatic rings. The summed E-state index contributed by atoms with van der Waals surface area (Å²) in [5.41, 5.74) is 1.27. The first kappa shape index (κ1) is 16.7. The van der Waals surface area contributed by atoms with Gasteiger partial charge in [-0.3, -0.25) is 0 Å². The summed E-state index contributed by atoms with van der Waals surface area (Å²) in [6, 6.07) is 12.8. The predicted molar refractivity (Wildman–Crippen MR) is 106 cm³/mol. The normalized spacial score (nSPS) is 11.6. The highest BCUT2D eigenvalue weighted by Crippen LogP contribution is 2.28. The Hall–Kier alpha value is -2.72. The minimum absolute atomic E-state index is 0.343. The van der Waals surface area contributed by atoms with Gasteiger partial charge in [-0.25, -0.2) is 9.78 Å². The minimum Gasteiger partial charge on any atom is -0.422 e. The SMILES string of the molecule is N#C/C(=C/c1cccs1)c1nc(-c2cc3cc(Cl)ccc3oc2=O)cs1. The number of nitrogens with zero attached hydrogens (tertiary/aromatic N) is 2. The van der Waals surface area contributed by atoms with E-state index in [-0.39, 0.29) is 0 Å². The summed E-state index contributed by atoms with van der Waals surface area (Å²) in [5, 5.41) is 15.0. The van der Waals surface area contributed by atoms with Crippen LogP contribution < -0.4 is 5.63 Å². The molecule has 0 amide bonds. The highest BCUT2D eigenvalue weighted by Gasteiger charge is 2.14. The van der Waals surface area contributed by atoms with Crippen molar-refractivity contribution in [2.24, 2.45) is 0 Å². The van der Waals surface area contributed by atoms with Crippen LogP contribution in [-0.2, 0) is 0 Å². The Morgan fingerprint density at radius 1 is 1.27 bits per heavy atom. The first-order chi connectivity index (χ1) is 12.6. The maximum absolute atomic E-state index is 12.3. The Kier molecular flexibility index (Phi) is 4.43. The number of benzene rings is 1. The second-order valence-electron chi connectivity index (χ2n) is 5.35. The van der Waals surface area contributed by atoms with Crippen LogP contribution in [0.2, 0.25) is 5.02 Å². The lowest BCUT2D eigenvalue weighted by Gasteiger charge is -2.00. The van der Waals surface area contributed by atoms with Gasteiger partial charge in [0, 0.05) is 20.7 Å². The molecule has 3 aromatic heterocycles. The summed E-state index contributed by atoms with van der Waals surface area (Å²) in [5.74, 6) is 0. The lowest BCUT2D eigenvalue weighted by molar-refractivity contribution is 0.563. The van der Waals surface area contributed by atoms with Crippen molar-refractivity contribution in [1.29, 1.82) is 5.26 Å². The molecular weight excluding hydrogens is 388 g/mol. The second kappa shape index (κ2) is 6.89. The average molecular weight is 397 g/mol. The third kappa shape index (κ3) is 3.20. The van der Waals surface area contributed by atoms with Gasteiger partial charge in [-0.2, -0.15) is 5.26 Å². The number of thiazole rings is 1. The Morgan fingerprint density at radius 3 is 2.92 bits per heavy atom. The second-order valence-corrected chi connectivity index (χ2v) is 7.63. The number of aromatic nitrogens is 1. The van der Waals surface area contributed by atoms with E-state index in [1.165, 1.54) is 11.3 Å². The number of hydrogen-bond donors (Lipinski definition) is 0. The predicted octanol–water partition coefficient (Wildman–Crippen LogP) is 5.70. The zero-order chi connectivity index (χ0) is 18.1. The van der Waals surface area contributed by atoms with Gasteiger partial charge < -0.3 is 4.42 Å². The van der Waals surface area contributed by atoms with Gasteiger partial charge in [0.05, 0.1) is 16.8 Å². The number of nitriles is 1. The number of rotatable bonds is 3. The highest BCUT2D eigenvalue weighted by molar-refractivity contribution is 7.12. The summed E-state index contributed by atoms with van der Waals surface area (Å²) in [7, 11) is 0. The molecule has 7 heteroatoms. The van der Waals surface area contributed by atoms with Gasteiger partial charge >= 0.3 is 5.63 Å². The average Bonchev–Trinajstić information content (AvgIpc) is 3.31. The van der Waals surface area contributed by atoms with Crippen LogP contribution in [0.5, 0.6) is 0 Å². The largest absolute Gasteiger partial charge is 0.422 e. The summed E-state index contributed by atoms with van der Waals surface area (Å²) >= 11 is 8.87. The summed E-state index contributed by atoms with van der Waals surface area (Å²) < 4.78 is 5.36. The first-order valence-electron chi connectivity index (χ1n) is 7.49. The molecule has 0 unspecified atom stereocenters. The number of hydrogen-bond acceptors (Lipinski definition) is 6. The minimum atomic E-state index is -0.475. The van der Waals surface area contributed by atoms with Gasteiger partial charge in [0.25, 0.3) is 0 Å². The van der Waals surface area contributed by atoms with E-state index in [9.17, 15) is 10.1 Å². The molecule has 26 heavy (non-hydrogen) atoms. The zero-order valence-electron chi connectivity index (χ0n) is 13.1. The number of thiophene rings is 1. The molecule has 0 saturated heterocycles. The van der Waals surface area contributed by atoms with Crippen molar-refractivity contribution in [3.05, 3.63) is 72.5 Å². The molecule has 3 heterocycles. The van der Waals surface area contributed by atoms with Crippen LogP contribution in [0.25, 0.3) is 33.9 Å². The van der Waals surface area contributed by atoms with Gasteiger partial charge in [-0.1, -0.05) is 17.7 Å². The van der Waals surface area contributed by atoms with E-state index < -0.39 is 5.63 Å². The van der Waals surface area contributed by atoms with Gasteiger partial charge in [0.2, 0.25) is 0 Å². The van der Waals surface area contributed by atoms with Crippen molar-refractivity contribution >= 4 is 56.9 Å². The molecule has 0 spiro atoms. The molecule has 0 bridgehead atoms. The van der Waals surface area contributed by atoms with Crippen molar-refractivity contribution in [3.63, 3.8) is 0 Å². The molecule has 0 aliphatic carbocycles. The Balaban J connectivity index is 1.79. The lowest BCUT2D eigenvalue weighted by atomic mass is 10.1. The van der Waals surface area contributed by atoms with Crippen molar-refractivity contribution in [1.82, 2.24) is 4.98 Å². The monoisotopic (exact) mass is 396 g/mol. The van der Waals surface area contributed by atoms with E-state index in [1.54, 1.807) is 47.1 Å². The van der Waals surface area contributed by atoms with Gasteiger partial charge in [0.15, 0.2) is 0 Å². The quantitative estimate of drug-likeness (QED) is 0.329. The number of halogens is 1. The maximum Gasteiger partial charge on any atom is 0.345 e. The van der Waals surface area contributed by atoms with E-state index in [1.807, 2.05) is 17.5 Å². The molecule has 0 saturated carbocycles. The molecule has 4 nitrogen and oxygen atoms in total. The maximum atomic E-state index is 12.3. The Morgan fingerprint density at radius 2 is 2.15 bits per heavy atom. The third-order valence-corrected chi connectivity index (χ3v) is 5.59. The van der Waals surface area contributed by atoms with E-state index >= 15 is 0 Å². The summed E-state index contributed by atoms with van der Waals surface area (Å²) in [6.07, 6.45) is 1.79. The first-order valence-corrected chi connectivity index (χ1v) is 9.63. The van der Waals surface area contributed by atoms with E-state index in [4.69, 9.17) is 16.0 Å². The Bertz CT molecular complexity index is 1230. The van der Waals surface area contributed by atoms with Crippen LogP contribution in [0.1, 0.15) is 9.88 Å². The van der Waals surface area contributed by atoms with Gasteiger partial charge in [-0.15, -0.1) is 22.7 Å². The molecule has 126 valence electrons. The van der Waals surface area contributed by atoms with E-state index in [0.717, 1.165) is 10.3 Å². The molecule has 0 atom stereocenters. The number of fused-ring (bicyclic) bond motifs is 1. The standard InChI is InChI=1S/C19H9ClN2O2S2/c20-13-3-4-17-11(6-13)8-15(19(23)24-17)16-10-26-18(22-16)12(9-21)7-14-2-1-5-25-14/h1-8,10H/b12-7-. The fourth-order valence-corrected chi connectivity index (χ4v) is 4.07. The summed E-state index contributed by atoms with van der Waals surface area (Å²) in [4.78, 5) is 17.7. The van der Waals surface area contributed by atoms with E-state index in [0.29, 0.717) is 32.4 Å². The lowest BCUT2D eigenvalue weighted by Crippen LogP contribution is -2.02. The fraction of sp³-hybridized carbons (Fsp3) is 0. The van der Waals surface area contributed by atoms with Gasteiger partial charge in [0.1, 0.15) is 16.7 Å². The molecular formula is C19H9ClN2O2S2. The van der Waals surface area contributed by atoms with Gasteiger partial charge in [-0.05, 0) is 41.8 Å². The zero-order valence-corrected chi connectivity index (χ0v) is 15.5. The molecule has 4 rings (SSSR count). The fourth-order valence-electron chi connectivity index (χ4n) is 2.45. The van der Waals surface area contributed by atoms with Crippen LogP contribution in [0.3, 0.4) is 0 Å². The van der Waals surface area contributed by atoms with Crippen LogP contribution in [-0.4, -0.2) is 4.98 Å². The van der Waals surface area contributed by atoms with Crippen LogP contribution in [0.15, 0.2) is 56.4 Å². The van der Waals surface area contributed by atoms with Crippen molar-refractivity contribution in [2.75, 3.05) is 0 Å². The van der Waals surface area contributed by atoms with Crippen LogP contribution in [0.4, 0.5) is 0 Å². The molecule has 0 aliphatic rings.